The molecule has 1 saturated heterocycles. The molecule has 5 rings (SSSR count). The van der Waals surface area contributed by atoms with Crippen molar-refractivity contribution >= 4 is 23.6 Å². The molecule has 2 aliphatic carbocycles. The van der Waals surface area contributed by atoms with Crippen molar-refractivity contribution in [2.75, 3.05) is 0 Å². The standard InChI is InChI=1S/C21H24N4O4/c22-16-7-11-6-12(8-14(11)16)23-9-10-1-2-13-15(5-10)21(29)25(20(13)28)17-3-4-18(26)24-19(17)27/h1-2,5,11-12,14,16-17,23H,3-4,6-9,22H2,(H,24,26,27)/t11-,12?,14-,16+,17?/m0/s1. The first-order valence-corrected chi connectivity index (χ1v) is 10.3. The zero-order chi connectivity index (χ0) is 20.3. The van der Waals surface area contributed by atoms with Crippen LogP contribution in [0.15, 0.2) is 18.2 Å². The molecule has 5 atom stereocenters. The number of nitrogens with zero attached hydrogens (tertiary/aromatic N) is 1. The first-order chi connectivity index (χ1) is 13.9. The maximum Gasteiger partial charge on any atom is 0.262 e. The number of carbonyl (C=O) groups is 4. The minimum absolute atomic E-state index is 0.117. The van der Waals surface area contributed by atoms with Crippen molar-refractivity contribution < 1.29 is 19.2 Å². The van der Waals surface area contributed by atoms with Crippen LogP contribution in [0.3, 0.4) is 0 Å². The molecule has 0 aromatic heterocycles. The summed E-state index contributed by atoms with van der Waals surface area (Å²) in [6.07, 6.45) is 3.64. The maximum atomic E-state index is 12.9. The van der Waals surface area contributed by atoms with E-state index in [0.29, 0.717) is 35.7 Å². The van der Waals surface area contributed by atoms with Crippen molar-refractivity contribution in [2.24, 2.45) is 17.6 Å². The average Bonchev–Trinajstić information content (AvgIpc) is 3.15. The van der Waals surface area contributed by atoms with Crippen LogP contribution in [0.4, 0.5) is 0 Å². The number of hydrogen-bond donors (Lipinski definition) is 3. The quantitative estimate of drug-likeness (QED) is 0.630. The van der Waals surface area contributed by atoms with Crippen molar-refractivity contribution in [3.63, 3.8) is 0 Å². The van der Waals surface area contributed by atoms with E-state index in [2.05, 4.69) is 10.6 Å². The second-order valence-electron chi connectivity index (χ2n) is 8.70. The van der Waals surface area contributed by atoms with Gasteiger partial charge in [-0.3, -0.25) is 29.4 Å². The molecular formula is C21H24N4O4. The van der Waals surface area contributed by atoms with Gasteiger partial charge in [-0.1, -0.05) is 6.07 Å². The summed E-state index contributed by atoms with van der Waals surface area (Å²) < 4.78 is 0. The fraction of sp³-hybridized carbons (Fsp3) is 0.524. The second kappa shape index (κ2) is 6.74. The summed E-state index contributed by atoms with van der Waals surface area (Å²) in [7, 11) is 0. The van der Waals surface area contributed by atoms with Gasteiger partial charge in [0.25, 0.3) is 11.8 Å². The Morgan fingerprint density at radius 1 is 1.07 bits per heavy atom. The maximum absolute atomic E-state index is 12.9. The lowest BCUT2D eigenvalue weighted by Crippen LogP contribution is -2.54. The number of piperidine rings is 1. The van der Waals surface area contributed by atoms with Crippen LogP contribution >= 0.6 is 0 Å². The summed E-state index contributed by atoms with van der Waals surface area (Å²) in [6.45, 7) is 0.618. The minimum Gasteiger partial charge on any atom is -0.327 e. The number of hydrogen-bond acceptors (Lipinski definition) is 6. The van der Waals surface area contributed by atoms with Gasteiger partial charge >= 0.3 is 0 Å². The van der Waals surface area contributed by atoms with Gasteiger partial charge in [0.2, 0.25) is 11.8 Å². The zero-order valence-corrected chi connectivity index (χ0v) is 16.0. The number of rotatable bonds is 4. The largest absolute Gasteiger partial charge is 0.327 e. The number of nitrogens with one attached hydrogen (secondary N) is 2. The Balaban J connectivity index is 1.28. The van der Waals surface area contributed by atoms with E-state index in [4.69, 9.17) is 5.73 Å². The van der Waals surface area contributed by atoms with Crippen LogP contribution < -0.4 is 16.4 Å². The van der Waals surface area contributed by atoms with E-state index in [1.807, 2.05) is 6.07 Å². The molecule has 2 heterocycles. The Hall–Kier alpha value is -2.58. The molecule has 4 amide bonds. The third-order valence-electron chi connectivity index (χ3n) is 6.97. The third-order valence-corrected chi connectivity index (χ3v) is 6.97. The molecule has 3 fully saturated rings. The monoisotopic (exact) mass is 396 g/mol. The molecule has 2 aliphatic heterocycles. The summed E-state index contributed by atoms with van der Waals surface area (Å²) in [5, 5.41) is 5.77. The molecule has 4 N–H and O–H groups in total. The predicted molar refractivity (Wildman–Crippen MR) is 103 cm³/mol. The molecule has 1 aromatic carbocycles. The van der Waals surface area contributed by atoms with E-state index in [1.165, 1.54) is 0 Å². The molecule has 2 unspecified atom stereocenters. The highest BCUT2D eigenvalue weighted by atomic mass is 16.2. The fourth-order valence-electron chi connectivity index (χ4n) is 5.34. The van der Waals surface area contributed by atoms with Crippen LogP contribution in [0.5, 0.6) is 0 Å². The molecule has 152 valence electrons. The van der Waals surface area contributed by atoms with E-state index in [1.54, 1.807) is 12.1 Å². The average molecular weight is 396 g/mol. The highest BCUT2D eigenvalue weighted by molar-refractivity contribution is 6.23. The van der Waals surface area contributed by atoms with Gasteiger partial charge in [-0.25, -0.2) is 0 Å². The molecule has 8 nitrogen and oxygen atoms in total. The lowest BCUT2D eigenvalue weighted by Gasteiger charge is -2.37. The summed E-state index contributed by atoms with van der Waals surface area (Å²) >= 11 is 0. The number of nitrogens with two attached hydrogens (primary N) is 1. The molecule has 29 heavy (non-hydrogen) atoms. The van der Waals surface area contributed by atoms with Crippen molar-refractivity contribution in [1.82, 2.24) is 15.5 Å². The first kappa shape index (κ1) is 18.4. The van der Waals surface area contributed by atoms with Gasteiger partial charge < -0.3 is 11.1 Å². The van der Waals surface area contributed by atoms with Gasteiger partial charge in [0, 0.05) is 25.0 Å². The molecule has 4 aliphatic rings. The highest BCUT2D eigenvalue weighted by Gasteiger charge is 2.46. The zero-order valence-electron chi connectivity index (χ0n) is 16.0. The normalized spacial score (nSPS) is 33.4. The van der Waals surface area contributed by atoms with Crippen LogP contribution in [0, 0.1) is 11.8 Å². The van der Waals surface area contributed by atoms with Gasteiger partial charge in [0.05, 0.1) is 11.1 Å². The predicted octanol–water partition coefficient (Wildman–Crippen LogP) is 0.303. The number of benzene rings is 1. The number of amides is 4. The molecule has 0 spiro atoms. The second-order valence-corrected chi connectivity index (χ2v) is 8.70. The van der Waals surface area contributed by atoms with Gasteiger partial charge in [0.15, 0.2) is 0 Å². The highest BCUT2D eigenvalue weighted by Crippen LogP contribution is 2.46. The lowest BCUT2D eigenvalue weighted by molar-refractivity contribution is -0.136. The van der Waals surface area contributed by atoms with E-state index in [0.717, 1.165) is 35.6 Å². The Labute approximate surface area is 168 Å². The molecule has 0 radical (unpaired) electrons. The molecule has 1 aromatic rings. The topological polar surface area (TPSA) is 122 Å². The number of imide groups is 2. The van der Waals surface area contributed by atoms with Crippen LogP contribution in [0.1, 0.15) is 58.4 Å². The van der Waals surface area contributed by atoms with Gasteiger partial charge in [-0.2, -0.15) is 0 Å². The Bertz CT molecular complexity index is 929. The van der Waals surface area contributed by atoms with Crippen molar-refractivity contribution in [2.45, 2.75) is 56.8 Å². The Morgan fingerprint density at radius 3 is 2.59 bits per heavy atom. The summed E-state index contributed by atoms with van der Waals surface area (Å²) in [5.74, 6) is -0.534. The Kier molecular flexibility index (Phi) is 4.29. The van der Waals surface area contributed by atoms with Crippen LogP contribution in [-0.2, 0) is 16.1 Å². The summed E-state index contributed by atoms with van der Waals surface area (Å²) in [6, 6.07) is 5.09. The molecule has 0 bridgehead atoms. The van der Waals surface area contributed by atoms with Crippen molar-refractivity contribution in [1.29, 1.82) is 0 Å². The number of carbonyl (C=O) groups excluding carboxylic acids is 4. The van der Waals surface area contributed by atoms with Crippen LogP contribution in [0.2, 0.25) is 0 Å². The van der Waals surface area contributed by atoms with E-state index < -0.39 is 23.8 Å². The van der Waals surface area contributed by atoms with E-state index in [9.17, 15) is 19.2 Å². The van der Waals surface area contributed by atoms with Gasteiger partial charge in [-0.05, 0) is 55.2 Å². The minimum atomic E-state index is -0.931. The van der Waals surface area contributed by atoms with Crippen molar-refractivity contribution in [3.8, 4) is 0 Å². The van der Waals surface area contributed by atoms with Crippen molar-refractivity contribution in [3.05, 3.63) is 34.9 Å². The van der Waals surface area contributed by atoms with E-state index in [-0.39, 0.29) is 18.7 Å². The van der Waals surface area contributed by atoms with Crippen LogP contribution in [-0.4, -0.2) is 46.7 Å². The van der Waals surface area contributed by atoms with Gasteiger partial charge in [-0.15, -0.1) is 0 Å². The Morgan fingerprint density at radius 2 is 1.86 bits per heavy atom. The third kappa shape index (κ3) is 2.98. The first-order valence-electron chi connectivity index (χ1n) is 10.3. The number of fused-ring (bicyclic) bond motifs is 2. The summed E-state index contributed by atoms with van der Waals surface area (Å²) in [5.41, 5.74) is 7.63. The summed E-state index contributed by atoms with van der Waals surface area (Å²) in [4.78, 5) is 50.1. The fourth-order valence-corrected chi connectivity index (χ4v) is 5.34. The lowest BCUT2D eigenvalue weighted by atomic mass is 9.72. The molecule has 2 saturated carbocycles. The van der Waals surface area contributed by atoms with E-state index >= 15 is 0 Å². The smallest absolute Gasteiger partial charge is 0.262 e. The van der Waals surface area contributed by atoms with Crippen LogP contribution in [0.25, 0.3) is 0 Å². The SMILES string of the molecule is N[C@@H]1C[C@@H]2CC(NCc3ccc4c(c3)C(=O)N(C3CCC(=O)NC3=O)C4=O)C[C@@H]21. The van der Waals surface area contributed by atoms with Gasteiger partial charge in [0.1, 0.15) is 6.04 Å². The molecular weight excluding hydrogens is 372 g/mol. The molecule has 8 heteroatoms.